The molecular weight excluding hydrogens is 288 g/mol. The number of hydrogen-bond acceptors (Lipinski definition) is 4. The van der Waals surface area contributed by atoms with Gasteiger partial charge in [0.2, 0.25) is 0 Å². The lowest BCUT2D eigenvalue weighted by molar-refractivity contribution is -0.136. The number of benzene rings is 1. The van der Waals surface area contributed by atoms with Crippen molar-refractivity contribution in [3.8, 4) is 0 Å². The molecule has 6 heteroatoms. The molecule has 0 aliphatic heterocycles. The number of carbonyl (C=O) groups is 2. The maximum Gasteiger partial charge on any atom is 0.313 e. The summed E-state index contributed by atoms with van der Waals surface area (Å²) in [6.45, 7) is 1.89. The van der Waals surface area contributed by atoms with Crippen molar-refractivity contribution in [3.05, 3.63) is 52.2 Å². The van der Waals surface area contributed by atoms with Crippen LogP contribution in [0.25, 0.3) is 0 Å². The van der Waals surface area contributed by atoms with Crippen LogP contribution in [0.1, 0.15) is 16.5 Å². The Balaban J connectivity index is 1.84. The smallest absolute Gasteiger partial charge is 0.313 e. The number of nitrogens with one attached hydrogen (secondary N) is 2. The molecule has 2 aromatic rings. The van der Waals surface area contributed by atoms with Crippen LogP contribution in [0, 0.1) is 6.92 Å². The van der Waals surface area contributed by atoms with Crippen molar-refractivity contribution in [1.29, 1.82) is 0 Å². The molecule has 0 fully saturated rings. The summed E-state index contributed by atoms with van der Waals surface area (Å²) in [6, 6.07) is 10.6. The first-order valence-corrected chi connectivity index (χ1v) is 7.32. The van der Waals surface area contributed by atoms with E-state index < -0.39 is 17.9 Å². The summed E-state index contributed by atoms with van der Waals surface area (Å²) < 4.78 is 0. The van der Waals surface area contributed by atoms with E-state index in [4.69, 9.17) is 0 Å². The lowest BCUT2D eigenvalue weighted by atomic mass is 10.2. The predicted octanol–water partition coefficient (Wildman–Crippen LogP) is 1.84. The van der Waals surface area contributed by atoms with Crippen molar-refractivity contribution >= 4 is 28.8 Å². The first-order valence-electron chi connectivity index (χ1n) is 6.44. The molecule has 0 saturated carbocycles. The fourth-order valence-electron chi connectivity index (χ4n) is 1.80. The molecule has 0 aliphatic carbocycles. The quantitative estimate of drug-likeness (QED) is 0.754. The summed E-state index contributed by atoms with van der Waals surface area (Å²) in [5.41, 5.74) is 1.52. The summed E-state index contributed by atoms with van der Waals surface area (Å²) in [4.78, 5) is 24.1. The highest BCUT2D eigenvalue weighted by Gasteiger charge is 2.17. The second kappa shape index (κ2) is 7.01. The van der Waals surface area contributed by atoms with Crippen molar-refractivity contribution in [2.24, 2.45) is 0 Å². The topological polar surface area (TPSA) is 78.4 Å². The van der Waals surface area contributed by atoms with Gasteiger partial charge in [-0.25, -0.2) is 0 Å². The number of para-hydroxylation sites is 1. The van der Waals surface area contributed by atoms with E-state index in [1.807, 2.05) is 24.4 Å². The van der Waals surface area contributed by atoms with E-state index in [0.717, 1.165) is 10.4 Å². The van der Waals surface area contributed by atoms with Crippen LogP contribution in [0.3, 0.4) is 0 Å². The molecule has 1 atom stereocenters. The van der Waals surface area contributed by atoms with Crippen LogP contribution in [0.2, 0.25) is 0 Å². The van der Waals surface area contributed by atoms with E-state index in [1.165, 1.54) is 11.3 Å². The third-order valence-corrected chi connectivity index (χ3v) is 4.02. The molecule has 2 rings (SSSR count). The average molecular weight is 304 g/mol. The van der Waals surface area contributed by atoms with Gasteiger partial charge in [-0.15, -0.1) is 11.3 Å². The zero-order valence-electron chi connectivity index (χ0n) is 11.5. The van der Waals surface area contributed by atoms with Gasteiger partial charge in [0.05, 0.1) is 0 Å². The summed E-state index contributed by atoms with van der Waals surface area (Å²) in [5.74, 6) is -1.52. The number of hydrogen-bond donors (Lipinski definition) is 3. The summed E-state index contributed by atoms with van der Waals surface area (Å²) in [5, 5.41) is 16.8. The van der Waals surface area contributed by atoms with E-state index >= 15 is 0 Å². The van der Waals surface area contributed by atoms with Gasteiger partial charge in [0.25, 0.3) is 0 Å². The Hall–Kier alpha value is -2.18. The first kappa shape index (κ1) is 15.2. The highest BCUT2D eigenvalue weighted by molar-refractivity contribution is 7.10. The van der Waals surface area contributed by atoms with E-state index in [-0.39, 0.29) is 6.54 Å². The lowest BCUT2D eigenvalue weighted by Crippen LogP contribution is -2.37. The Bertz CT molecular complexity index is 625. The molecule has 5 nitrogen and oxygen atoms in total. The fraction of sp³-hybridized carbons (Fsp3) is 0.200. The standard InChI is InChI=1S/C15H16N2O3S/c1-10-7-8-21-13(10)12(18)9-16-14(19)15(20)17-11-5-3-2-4-6-11/h2-8,12,18H,9H2,1H3,(H,16,19)(H,17,20). The molecular formula is C15H16N2O3S. The number of aryl methyl sites for hydroxylation is 1. The average Bonchev–Trinajstić information content (AvgIpc) is 2.91. The molecule has 1 heterocycles. The lowest BCUT2D eigenvalue weighted by Gasteiger charge is -2.11. The predicted molar refractivity (Wildman–Crippen MR) is 82.1 cm³/mol. The Labute approximate surface area is 126 Å². The molecule has 0 bridgehead atoms. The van der Waals surface area contributed by atoms with Crippen LogP contribution < -0.4 is 10.6 Å². The number of anilines is 1. The highest BCUT2D eigenvalue weighted by atomic mass is 32.1. The van der Waals surface area contributed by atoms with Gasteiger partial charge in [-0.3, -0.25) is 9.59 Å². The van der Waals surface area contributed by atoms with E-state index in [0.29, 0.717) is 5.69 Å². The van der Waals surface area contributed by atoms with Gasteiger partial charge in [0, 0.05) is 17.1 Å². The fourth-order valence-corrected chi connectivity index (χ4v) is 2.71. The Morgan fingerprint density at radius 1 is 1.19 bits per heavy atom. The van der Waals surface area contributed by atoms with Crippen molar-refractivity contribution in [2.75, 3.05) is 11.9 Å². The second-order valence-corrected chi connectivity index (χ2v) is 5.46. The van der Waals surface area contributed by atoms with Crippen LogP contribution in [0.5, 0.6) is 0 Å². The van der Waals surface area contributed by atoms with Crippen molar-refractivity contribution in [2.45, 2.75) is 13.0 Å². The maximum atomic E-state index is 11.7. The Kier molecular flexibility index (Phi) is 5.08. The number of aliphatic hydroxyl groups excluding tert-OH is 1. The van der Waals surface area contributed by atoms with E-state index in [9.17, 15) is 14.7 Å². The molecule has 21 heavy (non-hydrogen) atoms. The zero-order chi connectivity index (χ0) is 15.2. The summed E-state index contributed by atoms with van der Waals surface area (Å²) in [6.07, 6.45) is -0.807. The Morgan fingerprint density at radius 2 is 1.90 bits per heavy atom. The first-order chi connectivity index (χ1) is 10.1. The minimum Gasteiger partial charge on any atom is -0.386 e. The Morgan fingerprint density at radius 3 is 2.52 bits per heavy atom. The van der Waals surface area contributed by atoms with Crippen molar-refractivity contribution in [3.63, 3.8) is 0 Å². The van der Waals surface area contributed by atoms with Crippen LogP contribution >= 0.6 is 11.3 Å². The summed E-state index contributed by atoms with van der Waals surface area (Å²) >= 11 is 1.42. The van der Waals surface area contributed by atoms with Gasteiger partial charge < -0.3 is 15.7 Å². The molecule has 1 aromatic carbocycles. The van der Waals surface area contributed by atoms with Gasteiger partial charge in [-0.1, -0.05) is 18.2 Å². The second-order valence-electron chi connectivity index (χ2n) is 4.51. The number of aliphatic hydroxyl groups is 1. The van der Waals surface area contributed by atoms with E-state index in [1.54, 1.807) is 24.3 Å². The molecule has 1 aromatic heterocycles. The molecule has 0 radical (unpaired) electrons. The van der Waals surface area contributed by atoms with Crippen LogP contribution in [-0.4, -0.2) is 23.5 Å². The molecule has 2 amide bonds. The van der Waals surface area contributed by atoms with Gasteiger partial charge in [0.15, 0.2) is 0 Å². The third kappa shape index (κ3) is 4.14. The molecule has 1 unspecified atom stereocenters. The third-order valence-electron chi connectivity index (χ3n) is 2.90. The van der Waals surface area contributed by atoms with Crippen molar-refractivity contribution in [1.82, 2.24) is 5.32 Å². The highest BCUT2D eigenvalue weighted by Crippen LogP contribution is 2.23. The largest absolute Gasteiger partial charge is 0.386 e. The molecule has 0 spiro atoms. The van der Waals surface area contributed by atoms with Crippen LogP contribution in [0.15, 0.2) is 41.8 Å². The van der Waals surface area contributed by atoms with Gasteiger partial charge in [-0.2, -0.15) is 0 Å². The number of amides is 2. The number of thiophene rings is 1. The summed E-state index contributed by atoms with van der Waals surface area (Å²) in [7, 11) is 0. The monoisotopic (exact) mass is 304 g/mol. The van der Waals surface area contributed by atoms with Gasteiger partial charge >= 0.3 is 11.8 Å². The molecule has 110 valence electrons. The van der Waals surface area contributed by atoms with Crippen LogP contribution in [-0.2, 0) is 9.59 Å². The molecule has 0 aliphatic rings. The number of carbonyl (C=O) groups excluding carboxylic acids is 2. The normalized spacial score (nSPS) is 11.7. The SMILES string of the molecule is Cc1ccsc1C(O)CNC(=O)C(=O)Nc1ccccc1. The minimum atomic E-state index is -0.807. The minimum absolute atomic E-state index is 0.00238. The van der Waals surface area contributed by atoms with Gasteiger partial charge in [-0.05, 0) is 36.1 Å². The zero-order valence-corrected chi connectivity index (χ0v) is 12.3. The van der Waals surface area contributed by atoms with Gasteiger partial charge in [0.1, 0.15) is 6.10 Å². The maximum absolute atomic E-state index is 11.7. The molecule has 3 N–H and O–H groups in total. The number of rotatable bonds is 4. The molecule has 0 saturated heterocycles. The van der Waals surface area contributed by atoms with Crippen molar-refractivity contribution < 1.29 is 14.7 Å². The van der Waals surface area contributed by atoms with Crippen LogP contribution in [0.4, 0.5) is 5.69 Å². The van der Waals surface area contributed by atoms with E-state index in [2.05, 4.69) is 10.6 Å².